The van der Waals surface area contributed by atoms with Crippen molar-refractivity contribution in [2.75, 3.05) is 12.4 Å². The molecule has 0 aromatic carbocycles. The maximum atomic E-state index is 5.45. The maximum absolute atomic E-state index is 5.45. The molecule has 6 nitrogen and oxygen atoms in total. The number of rotatable bonds is 4. The van der Waals surface area contributed by atoms with Crippen molar-refractivity contribution in [3.05, 3.63) is 18.4 Å². The molecule has 0 aliphatic rings. The van der Waals surface area contributed by atoms with Gasteiger partial charge in [-0.25, -0.2) is 0 Å². The zero-order valence-corrected chi connectivity index (χ0v) is 9.97. The van der Waals surface area contributed by atoms with Crippen molar-refractivity contribution in [3.63, 3.8) is 0 Å². The first-order valence-corrected chi connectivity index (χ1v) is 5.33. The Bertz CT molecular complexity index is 482. The van der Waals surface area contributed by atoms with E-state index in [-0.39, 0.29) is 12.1 Å². The van der Waals surface area contributed by atoms with Crippen LogP contribution in [-0.4, -0.2) is 28.1 Å². The second kappa shape index (κ2) is 4.82. The van der Waals surface area contributed by atoms with E-state index >= 15 is 0 Å². The molecule has 0 aliphatic carbocycles. The molecule has 0 unspecified atom stereocenters. The molecule has 0 saturated carbocycles. The van der Waals surface area contributed by atoms with Crippen LogP contribution in [0.2, 0.25) is 0 Å². The summed E-state index contributed by atoms with van der Waals surface area (Å²) in [5.41, 5.74) is 0. The molecule has 0 aliphatic heterocycles. The van der Waals surface area contributed by atoms with Gasteiger partial charge in [-0.3, -0.25) is 0 Å². The van der Waals surface area contributed by atoms with Crippen LogP contribution in [0.5, 0.6) is 6.01 Å². The zero-order valence-electron chi connectivity index (χ0n) is 9.97. The average molecular weight is 234 g/mol. The van der Waals surface area contributed by atoms with E-state index in [1.807, 2.05) is 13.8 Å². The third-order valence-electron chi connectivity index (χ3n) is 1.92. The highest BCUT2D eigenvalue weighted by Gasteiger charge is 2.11. The molecular formula is C11H14N4O2. The summed E-state index contributed by atoms with van der Waals surface area (Å²) in [4.78, 5) is 12.5. The minimum atomic E-state index is 0.00607. The molecule has 0 spiro atoms. The average Bonchev–Trinajstić information content (AvgIpc) is 2.81. The van der Waals surface area contributed by atoms with Crippen LogP contribution in [-0.2, 0) is 0 Å². The topological polar surface area (TPSA) is 73.1 Å². The van der Waals surface area contributed by atoms with Crippen molar-refractivity contribution in [1.82, 2.24) is 15.0 Å². The molecule has 1 N–H and O–H groups in total. The van der Waals surface area contributed by atoms with Crippen molar-refractivity contribution >= 4 is 5.95 Å². The third kappa shape index (κ3) is 2.72. The highest BCUT2D eigenvalue weighted by Crippen LogP contribution is 2.19. The largest absolute Gasteiger partial charge is 0.461 e. The number of aromatic nitrogens is 3. The molecule has 2 rings (SSSR count). The van der Waals surface area contributed by atoms with Crippen LogP contribution in [0.15, 0.2) is 22.8 Å². The lowest BCUT2D eigenvalue weighted by Gasteiger charge is -2.09. The van der Waals surface area contributed by atoms with E-state index in [2.05, 4.69) is 20.3 Å². The number of anilines is 1. The second-order valence-corrected chi connectivity index (χ2v) is 3.66. The lowest BCUT2D eigenvalue weighted by molar-refractivity contribution is 0.222. The van der Waals surface area contributed by atoms with Crippen LogP contribution in [0.3, 0.4) is 0 Å². The predicted octanol–water partition coefficient (Wildman–Crippen LogP) is 1.96. The minimum Gasteiger partial charge on any atom is -0.461 e. The van der Waals surface area contributed by atoms with Gasteiger partial charge in [0.1, 0.15) is 0 Å². The van der Waals surface area contributed by atoms with E-state index in [9.17, 15) is 0 Å². The van der Waals surface area contributed by atoms with E-state index < -0.39 is 0 Å². The van der Waals surface area contributed by atoms with Gasteiger partial charge >= 0.3 is 6.01 Å². The summed E-state index contributed by atoms with van der Waals surface area (Å²) in [5, 5.41) is 2.86. The Morgan fingerprint density at radius 1 is 1.29 bits per heavy atom. The van der Waals surface area contributed by atoms with Gasteiger partial charge in [-0.2, -0.15) is 15.0 Å². The van der Waals surface area contributed by atoms with Gasteiger partial charge in [0.15, 0.2) is 5.76 Å². The molecule has 0 bridgehead atoms. The third-order valence-corrected chi connectivity index (χ3v) is 1.92. The Labute approximate surface area is 99.1 Å². The summed E-state index contributed by atoms with van der Waals surface area (Å²) in [7, 11) is 1.74. The van der Waals surface area contributed by atoms with Crippen molar-refractivity contribution in [2.24, 2.45) is 0 Å². The number of nitrogens with one attached hydrogen (secondary N) is 1. The van der Waals surface area contributed by atoms with Gasteiger partial charge in [0.25, 0.3) is 0 Å². The first-order chi connectivity index (χ1) is 8.19. The number of hydrogen-bond donors (Lipinski definition) is 1. The Morgan fingerprint density at radius 2 is 2.12 bits per heavy atom. The van der Waals surface area contributed by atoms with E-state index in [1.165, 1.54) is 0 Å². The summed E-state index contributed by atoms with van der Waals surface area (Å²) < 4.78 is 10.7. The SMILES string of the molecule is CNc1nc(OC(C)C)nc(-c2ccco2)n1. The fourth-order valence-corrected chi connectivity index (χ4v) is 1.25. The van der Waals surface area contributed by atoms with Gasteiger partial charge in [-0.1, -0.05) is 0 Å². The fraction of sp³-hybridized carbons (Fsp3) is 0.364. The molecule has 0 atom stereocenters. The van der Waals surface area contributed by atoms with Gasteiger partial charge in [0, 0.05) is 7.05 Å². The Kier molecular flexibility index (Phi) is 3.22. The van der Waals surface area contributed by atoms with Crippen LogP contribution >= 0.6 is 0 Å². The molecule has 0 radical (unpaired) electrons. The van der Waals surface area contributed by atoms with Gasteiger partial charge < -0.3 is 14.5 Å². The van der Waals surface area contributed by atoms with Crippen LogP contribution < -0.4 is 10.1 Å². The number of ether oxygens (including phenoxy) is 1. The lowest BCUT2D eigenvalue weighted by atomic mass is 10.4. The fourth-order valence-electron chi connectivity index (χ4n) is 1.25. The molecule has 2 aromatic heterocycles. The van der Waals surface area contributed by atoms with Crippen LogP contribution in [0.4, 0.5) is 5.95 Å². The van der Waals surface area contributed by atoms with Crippen molar-refractivity contribution in [2.45, 2.75) is 20.0 Å². The van der Waals surface area contributed by atoms with Gasteiger partial charge in [-0.15, -0.1) is 0 Å². The lowest BCUT2D eigenvalue weighted by Crippen LogP contribution is -2.11. The summed E-state index contributed by atoms with van der Waals surface area (Å²) in [6, 6.07) is 3.85. The summed E-state index contributed by atoms with van der Waals surface area (Å²) in [6.07, 6.45) is 1.58. The van der Waals surface area contributed by atoms with Crippen molar-refractivity contribution in [3.8, 4) is 17.6 Å². The van der Waals surface area contributed by atoms with Crippen LogP contribution in [0, 0.1) is 0 Å². The van der Waals surface area contributed by atoms with Crippen molar-refractivity contribution in [1.29, 1.82) is 0 Å². The number of nitrogens with zero attached hydrogens (tertiary/aromatic N) is 3. The van der Waals surface area contributed by atoms with Gasteiger partial charge in [0.05, 0.1) is 12.4 Å². The highest BCUT2D eigenvalue weighted by molar-refractivity contribution is 5.48. The highest BCUT2D eigenvalue weighted by atomic mass is 16.5. The molecule has 0 saturated heterocycles. The molecule has 0 fully saturated rings. The second-order valence-electron chi connectivity index (χ2n) is 3.66. The zero-order chi connectivity index (χ0) is 12.3. The number of furan rings is 1. The van der Waals surface area contributed by atoms with E-state index in [4.69, 9.17) is 9.15 Å². The maximum Gasteiger partial charge on any atom is 0.322 e. The van der Waals surface area contributed by atoms with Crippen LogP contribution in [0.1, 0.15) is 13.8 Å². The first-order valence-electron chi connectivity index (χ1n) is 5.33. The molecule has 90 valence electrons. The van der Waals surface area contributed by atoms with E-state index in [0.717, 1.165) is 0 Å². The van der Waals surface area contributed by atoms with Gasteiger partial charge in [-0.05, 0) is 26.0 Å². The quantitative estimate of drug-likeness (QED) is 0.871. The summed E-state index contributed by atoms with van der Waals surface area (Å²) in [6.45, 7) is 3.82. The molecule has 2 heterocycles. The standard InChI is InChI=1S/C11H14N4O2/c1-7(2)17-11-14-9(8-5-4-6-16-8)13-10(12-3)15-11/h4-7H,1-3H3,(H,12,13,14,15). The molecule has 0 amide bonds. The summed E-state index contributed by atoms with van der Waals surface area (Å²) >= 11 is 0. The predicted molar refractivity (Wildman–Crippen MR) is 62.8 cm³/mol. The molecule has 17 heavy (non-hydrogen) atoms. The number of hydrogen-bond acceptors (Lipinski definition) is 6. The van der Waals surface area contributed by atoms with Gasteiger partial charge in [0.2, 0.25) is 11.8 Å². The summed E-state index contributed by atoms with van der Waals surface area (Å²) in [5.74, 6) is 1.48. The normalized spacial score (nSPS) is 10.6. The van der Waals surface area contributed by atoms with E-state index in [1.54, 1.807) is 25.4 Å². The Balaban J connectivity index is 2.38. The Morgan fingerprint density at radius 3 is 2.71 bits per heavy atom. The first kappa shape index (κ1) is 11.4. The smallest absolute Gasteiger partial charge is 0.322 e. The minimum absolute atomic E-state index is 0.00607. The molecule has 6 heteroatoms. The molecular weight excluding hydrogens is 220 g/mol. The van der Waals surface area contributed by atoms with Crippen LogP contribution in [0.25, 0.3) is 11.6 Å². The van der Waals surface area contributed by atoms with E-state index in [0.29, 0.717) is 17.5 Å². The molecule has 2 aromatic rings. The monoisotopic (exact) mass is 234 g/mol. The van der Waals surface area contributed by atoms with Crippen molar-refractivity contribution < 1.29 is 9.15 Å². The Hall–Kier alpha value is -2.11.